The van der Waals surface area contributed by atoms with E-state index in [1.807, 2.05) is 0 Å². The Bertz CT molecular complexity index is 468. The SMILES string of the molecule is CC(C)Cc1ccc(-c2cscc2CN)cc1. The molecule has 0 aliphatic rings. The Balaban J connectivity index is 2.23. The normalized spacial score (nSPS) is 11.1. The van der Waals surface area contributed by atoms with Crippen molar-refractivity contribution in [3.63, 3.8) is 0 Å². The lowest BCUT2D eigenvalue weighted by Gasteiger charge is -2.07. The standard InChI is InChI=1S/C15H19NS/c1-11(2)7-12-3-5-13(6-4-12)15-10-17-9-14(15)8-16/h3-6,9-11H,7-8,16H2,1-2H3. The van der Waals surface area contributed by atoms with Gasteiger partial charge in [-0.05, 0) is 45.4 Å². The fourth-order valence-corrected chi connectivity index (χ4v) is 2.91. The van der Waals surface area contributed by atoms with Crippen LogP contribution in [0.15, 0.2) is 35.0 Å². The quantitative estimate of drug-likeness (QED) is 0.863. The molecule has 2 aromatic rings. The molecule has 1 aromatic heterocycles. The van der Waals surface area contributed by atoms with Crippen LogP contribution in [0.2, 0.25) is 0 Å². The van der Waals surface area contributed by atoms with E-state index in [0.717, 1.165) is 6.42 Å². The van der Waals surface area contributed by atoms with E-state index in [9.17, 15) is 0 Å². The Kier molecular flexibility index (Phi) is 3.97. The van der Waals surface area contributed by atoms with Gasteiger partial charge >= 0.3 is 0 Å². The van der Waals surface area contributed by atoms with Crippen molar-refractivity contribution < 1.29 is 0 Å². The van der Waals surface area contributed by atoms with Crippen LogP contribution < -0.4 is 5.73 Å². The molecule has 0 aliphatic carbocycles. The molecular weight excluding hydrogens is 226 g/mol. The first kappa shape index (κ1) is 12.3. The molecule has 1 aromatic carbocycles. The summed E-state index contributed by atoms with van der Waals surface area (Å²) < 4.78 is 0. The van der Waals surface area contributed by atoms with E-state index in [4.69, 9.17) is 5.73 Å². The summed E-state index contributed by atoms with van der Waals surface area (Å²) in [5, 5.41) is 4.32. The summed E-state index contributed by atoms with van der Waals surface area (Å²) in [5.41, 5.74) is 11.0. The number of benzene rings is 1. The van der Waals surface area contributed by atoms with Crippen LogP contribution in [0, 0.1) is 5.92 Å². The van der Waals surface area contributed by atoms with Gasteiger partial charge in [0.15, 0.2) is 0 Å². The molecule has 0 amide bonds. The van der Waals surface area contributed by atoms with Crippen LogP contribution in [0.25, 0.3) is 11.1 Å². The maximum absolute atomic E-state index is 5.73. The van der Waals surface area contributed by atoms with Gasteiger partial charge in [0.25, 0.3) is 0 Å². The molecule has 2 N–H and O–H groups in total. The molecule has 0 aliphatic heterocycles. The molecule has 1 nitrogen and oxygen atoms in total. The van der Waals surface area contributed by atoms with Crippen molar-refractivity contribution in [2.75, 3.05) is 0 Å². The van der Waals surface area contributed by atoms with E-state index in [1.165, 1.54) is 22.3 Å². The maximum Gasteiger partial charge on any atom is 0.0192 e. The van der Waals surface area contributed by atoms with Gasteiger partial charge in [-0.3, -0.25) is 0 Å². The molecule has 0 unspecified atom stereocenters. The van der Waals surface area contributed by atoms with Gasteiger partial charge in [0.2, 0.25) is 0 Å². The first-order valence-corrected chi connectivity index (χ1v) is 6.99. The van der Waals surface area contributed by atoms with Gasteiger partial charge < -0.3 is 5.73 Å². The molecule has 0 bridgehead atoms. The zero-order chi connectivity index (χ0) is 12.3. The summed E-state index contributed by atoms with van der Waals surface area (Å²) in [7, 11) is 0. The summed E-state index contributed by atoms with van der Waals surface area (Å²) in [5.74, 6) is 0.710. The van der Waals surface area contributed by atoms with Crippen molar-refractivity contribution in [1.29, 1.82) is 0 Å². The summed E-state index contributed by atoms with van der Waals surface area (Å²) in [4.78, 5) is 0. The van der Waals surface area contributed by atoms with Crippen LogP contribution in [0.4, 0.5) is 0 Å². The van der Waals surface area contributed by atoms with Crippen molar-refractivity contribution >= 4 is 11.3 Å². The lowest BCUT2D eigenvalue weighted by atomic mass is 9.99. The Labute approximate surface area is 107 Å². The van der Waals surface area contributed by atoms with Gasteiger partial charge in [0.1, 0.15) is 0 Å². The van der Waals surface area contributed by atoms with Crippen LogP contribution in [0.3, 0.4) is 0 Å². The fraction of sp³-hybridized carbons (Fsp3) is 0.333. The van der Waals surface area contributed by atoms with Crippen LogP contribution in [-0.2, 0) is 13.0 Å². The van der Waals surface area contributed by atoms with E-state index in [1.54, 1.807) is 11.3 Å². The fourth-order valence-electron chi connectivity index (χ4n) is 2.03. The van der Waals surface area contributed by atoms with Gasteiger partial charge in [0.05, 0.1) is 0 Å². The van der Waals surface area contributed by atoms with Crippen LogP contribution in [0.1, 0.15) is 25.0 Å². The van der Waals surface area contributed by atoms with E-state index in [0.29, 0.717) is 12.5 Å². The highest BCUT2D eigenvalue weighted by molar-refractivity contribution is 7.08. The predicted molar refractivity (Wildman–Crippen MR) is 76.2 cm³/mol. The number of hydrogen-bond donors (Lipinski definition) is 1. The highest BCUT2D eigenvalue weighted by Gasteiger charge is 2.05. The van der Waals surface area contributed by atoms with Gasteiger partial charge in [0, 0.05) is 6.54 Å². The minimum absolute atomic E-state index is 0.618. The molecule has 0 spiro atoms. The van der Waals surface area contributed by atoms with Crippen LogP contribution in [-0.4, -0.2) is 0 Å². The molecule has 0 fully saturated rings. The number of nitrogens with two attached hydrogens (primary N) is 1. The Morgan fingerprint density at radius 3 is 2.41 bits per heavy atom. The minimum Gasteiger partial charge on any atom is -0.326 e. The minimum atomic E-state index is 0.618. The van der Waals surface area contributed by atoms with Crippen molar-refractivity contribution in [2.24, 2.45) is 11.7 Å². The largest absolute Gasteiger partial charge is 0.326 e. The average Bonchev–Trinajstić information content (AvgIpc) is 2.77. The predicted octanol–water partition coefficient (Wildman–Crippen LogP) is 4.07. The van der Waals surface area contributed by atoms with E-state index in [-0.39, 0.29) is 0 Å². The van der Waals surface area contributed by atoms with Crippen LogP contribution >= 0.6 is 11.3 Å². The smallest absolute Gasteiger partial charge is 0.0192 e. The third-order valence-electron chi connectivity index (χ3n) is 2.87. The highest BCUT2D eigenvalue weighted by Crippen LogP contribution is 2.27. The molecule has 1 heterocycles. The first-order valence-electron chi connectivity index (χ1n) is 6.05. The maximum atomic E-state index is 5.73. The third-order valence-corrected chi connectivity index (χ3v) is 3.66. The Morgan fingerprint density at radius 1 is 1.12 bits per heavy atom. The van der Waals surface area contributed by atoms with E-state index in [2.05, 4.69) is 48.9 Å². The molecule has 17 heavy (non-hydrogen) atoms. The lowest BCUT2D eigenvalue weighted by Crippen LogP contribution is -1.96. The summed E-state index contributed by atoms with van der Waals surface area (Å²) in [6.07, 6.45) is 1.15. The lowest BCUT2D eigenvalue weighted by molar-refractivity contribution is 0.647. The monoisotopic (exact) mass is 245 g/mol. The Morgan fingerprint density at radius 2 is 1.82 bits per heavy atom. The van der Waals surface area contributed by atoms with Crippen molar-refractivity contribution in [3.8, 4) is 11.1 Å². The second-order valence-corrected chi connectivity index (χ2v) is 5.55. The van der Waals surface area contributed by atoms with Crippen molar-refractivity contribution in [1.82, 2.24) is 0 Å². The number of hydrogen-bond acceptors (Lipinski definition) is 2. The molecule has 90 valence electrons. The van der Waals surface area contributed by atoms with E-state index < -0.39 is 0 Å². The zero-order valence-electron chi connectivity index (χ0n) is 10.4. The molecule has 2 heteroatoms. The molecule has 2 rings (SSSR count). The van der Waals surface area contributed by atoms with E-state index >= 15 is 0 Å². The summed E-state index contributed by atoms with van der Waals surface area (Å²) >= 11 is 1.72. The average molecular weight is 245 g/mol. The Hall–Kier alpha value is -1.12. The van der Waals surface area contributed by atoms with Crippen molar-refractivity contribution in [2.45, 2.75) is 26.8 Å². The van der Waals surface area contributed by atoms with Gasteiger partial charge in [-0.2, -0.15) is 11.3 Å². The molecule has 0 saturated heterocycles. The second-order valence-electron chi connectivity index (χ2n) is 4.81. The van der Waals surface area contributed by atoms with Gasteiger partial charge in [-0.1, -0.05) is 38.1 Å². The third kappa shape index (κ3) is 2.96. The first-order chi connectivity index (χ1) is 8.20. The zero-order valence-corrected chi connectivity index (χ0v) is 11.3. The van der Waals surface area contributed by atoms with Crippen LogP contribution in [0.5, 0.6) is 0 Å². The molecule has 0 atom stereocenters. The van der Waals surface area contributed by atoms with Gasteiger partial charge in [-0.25, -0.2) is 0 Å². The molecular formula is C15H19NS. The number of rotatable bonds is 4. The van der Waals surface area contributed by atoms with Gasteiger partial charge in [-0.15, -0.1) is 0 Å². The summed E-state index contributed by atoms with van der Waals surface area (Å²) in [6, 6.07) is 8.87. The second kappa shape index (κ2) is 5.48. The summed E-state index contributed by atoms with van der Waals surface area (Å²) in [6.45, 7) is 5.12. The topological polar surface area (TPSA) is 26.0 Å². The highest BCUT2D eigenvalue weighted by atomic mass is 32.1. The molecule has 0 radical (unpaired) electrons. The molecule has 0 saturated carbocycles. The van der Waals surface area contributed by atoms with Crippen molar-refractivity contribution in [3.05, 3.63) is 46.2 Å². The number of thiophene rings is 1.